The highest BCUT2D eigenvalue weighted by molar-refractivity contribution is 7.86. The molecule has 2 aromatic carbocycles. The van der Waals surface area contributed by atoms with Crippen molar-refractivity contribution in [3.63, 3.8) is 0 Å². The monoisotopic (exact) mass is 848 g/mol. The van der Waals surface area contributed by atoms with Gasteiger partial charge in [-0.2, -0.15) is 26.4 Å². The van der Waals surface area contributed by atoms with E-state index in [1.807, 2.05) is 52.8 Å². The fourth-order valence-corrected chi connectivity index (χ4v) is 9.15. The second-order valence-electron chi connectivity index (χ2n) is 16.3. The molecule has 0 aliphatic carbocycles. The number of benzene rings is 2. The lowest BCUT2D eigenvalue weighted by Gasteiger charge is -2.30. The molecule has 59 heavy (non-hydrogen) atoms. The first-order valence-corrected chi connectivity index (χ1v) is 21.9. The number of rotatable bonds is 11. The fourth-order valence-electron chi connectivity index (χ4n) is 8.14. The number of nitrogens with two attached hydrogens (primary N) is 1. The molecule has 3 aliphatic heterocycles. The lowest BCUT2D eigenvalue weighted by Crippen LogP contribution is -2.44. The molecule has 0 amide bonds. The van der Waals surface area contributed by atoms with Gasteiger partial charge in [0.2, 0.25) is 5.69 Å². The zero-order valence-electron chi connectivity index (χ0n) is 34.0. The van der Waals surface area contributed by atoms with Crippen LogP contribution in [0, 0.1) is 11.8 Å². The van der Waals surface area contributed by atoms with Crippen molar-refractivity contribution in [1.82, 2.24) is 9.55 Å². The average Bonchev–Trinajstić information content (AvgIpc) is 3.62. The average molecular weight is 849 g/mol. The second-order valence-corrected chi connectivity index (χ2v) is 19.1. The van der Waals surface area contributed by atoms with E-state index < -0.39 is 54.7 Å². The molecular weight excluding hydrogens is 799 g/mol. The van der Waals surface area contributed by atoms with Gasteiger partial charge in [0.1, 0.15) is 23.7 Å². The Morgan fingerprint density at radius 3 is 2.20 bits per heavy atom. The molecule has 0 radical (unpaired) electrons. The molecule has 1 unspecified atom stereocenters. The first kappa shape index (κ1) is 43.5. The van der Waals surface area contributed by atoms with Crippen LogP contribution in [0.5, 0.6) is 0 Å². The van der Waals surface area contributed by atoms with Crippen LogP contribution < -0.4 is 16.3 Å². The number of hydrogen-bond donors (Lipinski definition) is 5. The summed E-state index contributed by atoms with van der Waals surface area (Å²) in [6.45, 7) is 13.6. The Morgan fingerprint density at radius 2 is 1.59 bits per heavy atom. The molecule has 0 saturated carbocycles. The number of hydrogen-bond acceptors (Lipinski definition) is 11. The van der Waals surface area contributed by atoms with Gasteiger partial charge in [0.15, 0.2) is 11.4 Å². The molecule has 4 heterocycles. The lowest BCUT2D eigenvalue weighted by atomic mass is 9.81. The Hall–Kier alpha value is -5.09. The number of ether oxygens (including phenoxy) is 1. The topological polar surface area (TPSA) is 226 Å². The Kier molecular flexibility index (Phi) is 11.2. The van der Waals surface area contributed by atoms with Gasteiger partial charge in [0.05, 0.1) is 27.4 Å². The summed E-state index contributed by atoms with van der Waals surface area (Å²) in [6.07, 6.45) is 10.4. The van der Waals surface area contributed by atoms with Gasteiger partial charge < -0.3 is 25.6 Å². The maximum Gasteiger partial charge on any atom is 0.352 e. The number of likely N-dealkylation sites (N-methyl/N-ethyl adjacent to an activating group) is 1. The van der Waals surface area contributed by atoms with Crippen molar-refractivity contribution >= 4 is 43.1 Å². The van der Waals surface area contributed by atoms with E-state index in [0.29, 0.717) is 32.4 Å². The Morgan fingerprint density at radius 1 is 0.949 bits per heavy atom. The molecule has 0 fully saturated rings. The van der Waals surface area contributed by atoms with E-state index >= 15 is 0 Å². The van der Waals surface area contributed by atoms with Gasteiger partial charge in [0, 0.05) is 66.2 Å². The smallest absolute Gasteiger partial charge is 0.352 e. The van der Waals surface area contributed by atoms with Crippen LogP contribution in [0.25, 0.3) is 0 Å². The highest BCUT2D eigenvalue weighted by Gasteiger charge is 2.47. The summed E-state index contributed by atoms with van der Waals surface area (Å²) in [5, 5.41) is 20.2. The first-order chi connectivity index (χ1) is 27.4. The van der Waals surface area contributed by atoms with Gasteiger partial charge in [-0.25, -0.2) is 4.79 Å². The highest BCUT2D eigenvalue weighted by Crippen LogP contribution is 2.48. The Balaban J connectivity index is 1.27. The third-order valence-corrected chi connectivity index (χ3v) is 13.1. The second kappa shape index (κ2) is 15.2. The lowest BCUT2D eigenvalue weighted by molar-refractivity contribution is -0.438. The van der Waals surface area contributed by atoms with Crippen LogP contribution in [0.1, 0.15) is 84.4 Å². The highest BCUT2D eigenvalue weighted by atomic mass is 32.2. The van der Waals surface area contributed by atoms with Crippen molar-refractivity contribution in [3.8, 4) is 11.8 Å². The molecule has 6 N–H and O–H groups in total. The van der Waals surface area contributed by atoms with Gasteiger partial charge in [-0.3, -0.25) is 13.7 Å². The van der Waals surface area contributed by atoms with E-state index in [1.54, 1.807) is 19.1 Å². The zero-order valence-corrected chi connectivity index (χ0v) is 35.6. The Labute approximate surface area is 344 Å². The van der Waals surface area contributed by atoms with E-state index in [4.69, 9.17) is 10.5 Å². The number of aromatic nitrogens is 2. The number of anilines is 2. The Bertz CT molecular complexity index is 2720. The van der Waals surface area contributed by atoms with Crippen molar-refractivity contribution in [1.29, 1.82) is 0 Å². The molecule has 314 valence electrons. The number of aliphatic hydroxyl groups is 2. The summed E-state index contributed by atoms with van der Waals surface area (Å²) in [5.74, 6) is 5.81. The van der Waals surface area contributed by atoms with Gasteiger partial charge in [-0.05, 0) is 83.0 Å². The first-order valence-electron chi connectivity index (χ1n) is 19.1. The predicted octanol–water partition coefficient (Wildman–Crippen LogP) is 5.07. The molecule has 17 heteroatoms. The predicted molar refractivity (Wildman–Crippen MR) is 223 cm³/mol. The number of nitrogen functional groups attached to an aromatic ring is 1. The molecule has 3 aliphatic rings. The molecule has 3 aromatic rings. The van der Waals surface area contributed by atoms with Crippen molar-refractivity contribution in [2.24, 2.45) is 0 Å². The number of allylic oxidation sites excluding steroid dienone is 4. The van der Waals surface area contributed by atoms with Gasteiger partial charge in [-0.1, -0.05) is 31.8 Å². The van der Waals surface area contributed by atoms with Crippen molar-refractivity contribution < 1.29 is 45.5 Å². The van der Waals surface area contributed by atoms with Crippen LogP contribution in [0.4, 0.5) is 17.2 Å². The molecule has 0 spiro atoms. The number of aliphatic hydroxyl groups excluding tert-OH is 2. The van der Waals surface area contributed by atoms with Crippen LogP contribution >= 0.6 is 0 Å². The summed E-state index contributed by atoms with van der Waals surface area (Å²) in [5.41, 5.74) is 6.42. The molecule has 2 atom stereocenters. The van der Waals surface area contributed by atoms with Crippen LogP contribution in [-0.2, 0) is 41.5 Å². The van der Waals surface area contributed by atoms with Gasteiger partial charge >= 0.3 is 5.69 Å². The van der Waals surface area contributed by atoms with Crippen LogP contribution in [-0.4, -0.2) is 81.3 Å². The molecule has 6 rings (SSSR count). The summed E-state index contributed by atoms with van der Waals surface area (Å²) >= 11 is 0. The van der Waals surface area contributed by atoms with E-state index in [1.165, 1.54) is 43.5 Å². The SMILES string of the molecule is CCN1/C(=C/C=C/C2=[N+](CCCCC#Cc3cn(C4(C)C=C(O)[C@@](C)(CO)O4)c(=O)nc3N)c3ccc(S(=O)(=O)O)cc3C2(C)C)C(C)(C)c2cc(S(=O)(=O)O)ccc21. The number of nitrogens with zero attached hydrogens (tertiary/aromatic N) is 4. The number of unbranched alkanes of at least 4 members (excludes halogenated alkanes) is 2. The van der Waals surface area contributed by atoms with Gasteiger partial charge in [0.25, 0.3) is 20.2 Å². The van der Waals surface area contributed by atoms with Crippen LogP contribution in [0.3, 0.4) is 0 Å². The summed E-state index contributed by atoms with van der Waals surface area (Å²) in [4.78, 5) is 18.4. The standard InChI is InChI=1S/C42H49N5O10S2/c1-8-45-32-19-17-28(58(51,52)53)22-30(32)39(2,3)34(45)15-13-16-35-40(4,5)31-23-29(59(54,55)56)18-20-33(31)46(35)21-12-10-9-11-14-27-25-47(38(50)44-37(27)43)42(7)24-36(49)41(6,26-48)57-42/h13,15-20,22-25,48H,8-10,12,21,26H2,1-7H3,(H4-,43,44,49,50,51,52,53,54,55,56)/p+1/t41-,42?/m1/s1. The van der Waals surface area contributed by atoms with Crippen LogP contribution in [0.2, 0.25) is 0 Å². The fraction of sp³-hybridized carbons (Fsp3) is 0.405. The van der Waals surface area contributed by atoms with Crippen molar-refractivity contribution in [2.45, 2.75) is 99.7 Å². The zero-order chi connectivity index (χ0) is 43.5. The third-order valence-electron chi connectivity index (χ3n) is 11.4. The minimum absolute atomic E-state index is 0.0607. The maximum absolute atomic E-state index is 12.8. The minimum atomic E-state index is -4.47. The van der Waals surface area contributed by atoms with E-state index in [9.17, 15) is 40.9 Å². The molecule has 15 nitrogen and oxygen atoms in total. The summed E-state index contributed by atoms with van der Waals surface area (Å²) < 4.78 is 77.1. The molecule has 0 saturated heterocycles. The van der Waals surface area contributed by atoms with E-state index in [2.05, 4.69) is 26.3 Å². The van der Waals surface area contributed by atoms with Crippen LogP contribution in [0.15, 0.2) is 92.9 Å². The maximum atomic E-state index is 12.8. The third kappa shape index (κ3) is 7.88. The normalized spacial score (nSPS) is 22.8. The van der Waals surface area contributed by atoms with Crippen molar-refractivity contribution in [3.05, 3.63) is 106 Å². The summed E-state index contributed by atoms with van der Waals surface area (Å²) in [6, 6.07) is 9.18. The van der Waals surface area contributed by atoms with Gasteiger partial charge in [-0.15, -0.1) is 0 Å². The largest absolute Gasteiger partial charge is 0.509 e. The molecular formula is C42H50N5O10S2+. The van der Waals surface area contributed by atoms with E-state index in [0.717, 1.165) is 38.5 Å². The molecule has 0 bridgehead atoms. The van der Waals surface area contributed by atoms with Crippen molar-refractivity contribution in [2.75, 3.05) is 30.3 Å². The minimum Gasteiger partial charge on any atom is -0.509 e. The number of fused-ring (bicyclic) bond motifs is 2. The quantitative estimate of drug-likeness (QED) is 0.0737. The summed E-state index contributed by atoms with van der Waals surface area (Å²) in [7, 11) is -8.87. The molecule has 1 aromatic heterocycles. The van der Waals surface area contributed by atoms with E-state index in [-0.39, 0.29) is 26.9 Å².